The Balaban J connectivity index is 1.96. The molecule has 1 unspecified atom stereocenters. The zero-order valence-electron chi connectivity index (χ0n) is 11.6. The number of hydrogen-bond donors (Lipinski definition) is 1. The Morgan fingerprint density at radius 2 is 1.86 bits per heavy atom. The summed E-state index contributed by atoms with van der Waals surface area (Å²) in [5.41, 5.74) is 0.328. The van der Waals surface area contributed by atoms with Crippen molar-refractivity contribution in [3.63, 3.8) is 0 Å². The van der Waals surface area contributed by atoms with E-state index in [1.807, 2.05) is 0 Å². The number of benzene rings is 2. The Hall–Kier alpha value is -1.65. The van der Waals surface area contributed by atoms with Crippen molar-refractivity contribution in [3.05, 3.63) is 64.7 Å². The van der Waals surface area contributed by atoms with E-state index in [0.29, 0.717) is 29.4 Å². The van der Waals surface area contributed by atoms with Gasteiger partial charge in [0, 0.05) is 11.1 Å². The standard InChI is InChI=1S/C16H16ClF2NO/c1-20-14(9-11-8-13(18)4-7-16(11)19)10-21-15-5-2-12(17)3-6-15/h2-8,14,20H,9-10H2,1H3. The van der Waals surface area contributed by atoms with E-state index in [0.717, 1.165) is 12.1 Å². The van der Waals surface area contributed by atoms with Gasteiger partial charge in [0.1, 0.15) is 24.0 Å². The topological polar surface area (TPSA) is 21.3 Å². The fourth-order valence-corrected chi connectivity index (χ4v) is 2.06. The van der Waals surface area contributed by atoms with Crippen molar-refractivity contribution in [2.45, 2.75) is 12.5 Å². The molecule has 0 saturated heterocycles. The lowest BCUT2D eigenvalue weighted by Gasteiger charge is -2.17. The molecule has 0 saturated carbocycles. The molecule has 21 heavy (non-hydrogen) atoms. The molecule has 2 nitrogen and oxygen atoms in total. The maximum atomic E-state index is 13.6. The van der Waals surface area contributed by atoms with Gasteiger partial charge in [-0.05, 0) is 61.5 Å². The van der Waals surface area contributed by atoms with Gasteiger partial charge in [0.25, 0.3) is 0 Å². The largest absolute Gasteiger partial charge is 0.492 e. The van der Waals surface area contributed by atoms with Gasteiger partial charge in [0.05, 0.1) is 0 Å². The van der Waals surface area contributed by atoms with E-state index in [1.54, 1.807) is 31.3 Å². The Morgan fingerprint density at radius 1 is 1.14 bits per heavy atom. The van der Waals surface area contributed by atoms with Gasteiger partial charge >= 0.3 is 0 Å². The summed E-state index contributed by atoms with van der Waals surface area (Å²) in [6.07, 6.45) is 0.341. The molecule has 0 heterocycles. The maximum absolute atomic E-state index is 13.6. The maximum Gasteiger partial charge on any atom is 0.126 e. The molecular formula is C16H16ClF2NO. The summed E-state index contributed by atoms with van der Waals surface area (Å²) in [6.45, 7) is 0.341. The predicted octanol–water partition coefficient (Wildman–Crippen LogP) is 3.83. The summed E-state index contributed by atoms with van der Waals surface area (Å²) < 4.78 is 32.4. The van der Waals surface area contributed by atoms with Crippen molar-refractivity contribution in [1.29, 1.82) is 0 Å². The summed E-state index contributed by atoms with van der Waals surface area (Å²) in [5, 5.41) is 3.67. The van der Waals surface area contributed by atoms with Crippen LogP contribution in [-0.4, -0.2) is 19.7 Å². The number of ether oxygens (including phenoxy) is 1. The summed E-state index contributed by atoms with van der Waals surface area (Å²) in [4.78, 5) is 0. The molecule has 1 N–H and O–H groups in total. The van der Waals surface area contributed by atoms with Crippen molar-refractivity contribution in [1.82, 2.24) is 5.32 Å². The lowest BCUT2D eigenvalue weighted by Crippen LogP contribution is -2.34. The van der Waals surface area contributed by atoms with Gasteiger partial charge in [0.15, 0.2) is 0 Å². The van der Waals surface area contributed by atoms with Gasteiger partial charge < -0.3 is 10.1 Å². The molecule has 0 aliphatic carbocycles. The van der Waals surface area contributed by atoms with Gasteiger partial charge in [-0.15, -0.1) is 0 Å². The zero-order chi connectivity index (χ0) is 15.2. The molecule has 112 valence electrons. The molecule has 2 aromatic carbocycles. The SMILES string of the molecule is CNC(COc1ccc(Cl)cc1)Cc1cc(F)ccc1F. The van der Waals surface area contributed by atoms with Crippen LogP contribution in [-0.2, 0) is 6.42 Å². The molecule has 0 aliphatic rings. The van der Waals surface area contributed by atoms with Crippen LogP contribution in [0.2, 0.25) is 5.02 Å². The summed E-state index contributed by atoms with van der Waals surface area (Å²) in [6, 6.07) is 10.3. The van der Waals surface area contributed by atoms with Crippen LogP contribution in [0.5, 0.6) is 5.75 Å². The third kappa shape index (κ3) is 4.69. The van der Waals surface area contributed by atoms with Crippen LogP contribution in [0.3, 0.4) is 0 Å². The first-order chi connectivity index (χ1) is 10.1. The van der Waals surface area contributed by atoms with Crippen LogP contribution in [0.4, 0.5) is 8.78 Å². The first kappa shape index (κ1) is 15.7. The fourth-order valence-electron chi connectivity index (χ4n) is 1.94. The molecule has 2 aromatic rings. The molecular weight excluding hydrogens is 296 g/mol. The van der Waals surface area contributed by atoms with Crippen molar-refractivity contribution in [2.24, 2.45) is 0 Å². The smallest absolute Gasteiger partial charge is 0.126 e. The van der Waals surface area contributed by atoms with Gasteiger partial charge in [-0.1, -0.05) is 11.6 Å². The number of hydrogen-bond acceptors (Lipinski definition) is 2. The minimum Gasteiger partial charge on any atom is -0.492 e. The second-order valence-corrected chi connectivity index (χ2v) is 5.13. The highest BCUT2D eigenvalue weighted by Gasteiger charge is 2.12. The third-order valence-electron chi connectivity index (χ3n) is 3.15. The Bertz CT molecular complexity index is 589. The van der Waals surface area contributed by atoms with Crippen molar-refractivity contribution in [2.75, 3.05) is 13.7 Å². The first-order valence-corrected chi connectivity index (χ1v) is 6.96. The second-order valence-electron chi connectivity index (χ2n) is 4.69. The minimum atomic E-state index is -0.445. The number of rotatable bonds is 6. The number of likely N-dealkylation sites (N-methyl/N-ethyl adjacent to an activating group) is 1. The van der Waals surface area contributed by atoms with E-state index in [-0.39, 0.29) is 6.04 Å². The fraction of sp³-hybridized carbons (Fsp3) is 0.250. The Morgan fingerprint density at radius 3 is 2.52 bits per heavy atom. The summed E-state index contributed by atoms with van der Waals surface area (Å²) in [7, 11) is 1.76. The molecule has 0 fully saturated rings. The van der Waals surface area contributed by atoms with E-state index in [1.165, 1.54) is 6.07 Å². The van der Waals surface area contributed by atoms with Gasteiger partial charge in [0.2, 0.25) is 0 Å². The van der Waals surface area contributed by atoms with Crippen LogP contribution >= 0.6 is 11.6 Å². The van der Waals surface area contributed by atoms with Gasteiger partial charge in [-0.2, -0.15) is 0 Å². The molecule has 0 bridgehead atoms. The summed E-state index contributed by atoms with van der Waals surface area (Å²) >= 11 is 5.80. The van der Waals surface area contributed by atoms with Gasteiger partial charge in [-0.3, -0.25) is 0 Å². The second kappa shape index (κ2) is 7.38. The van der Waals surface area contributed by atoms with E-state index < -0.39 is 11.6 Å². The van der Waals surface area contributed by atoms with Crippen LogP contribution < -0.4 is 10.1 Å². The first-order valence-electron chi connectivity index (χ1n) is 6.58. The van der Waals surface area contributed by atoms with Crippen LogP contribution in [0.1, 0.15) is 5.56 Å². The molecule has 0 amide bonds. The predicted molar refractivity (Wildman–Crippen MR) is 79.9 cm³/mol. The van der Waals surface area contributed by atoms with Crippen molar-refractivity contribution in [3.8, 4) is 5.75 Å². The number of halogens is 3. The summed E-state index contributed by atoms with van der Waals surface area (Å²) in [5.74, 6) is -0.178. The van der Waals surface area contributed by atoms with E-state index >= 15 is 0 Å². The Kier molecular flexibility index (Phi) is 5.53. The average molecular weight is 312 g/mol. The van der Waals surface area contributed by atoms with Crippen LogP contribution in [0, 0.1) is 11.6 Å². The van der Waals surface area contributed by atoms with E-state index in [9.17, 15) is 8.78 Å². The highest BCUT2D eigenvalue weighted by Crippen LogP contribution is 2.17. The lowest BCUT2D eigenvalue weighted by atomic mass is 10.1. The molecule has 2 rings (SSSR count). The minimum absolute atomic E-state index is 0.128. The highest BCUT2D eigenvalue weighted by atomic mass is 35.5. The van der Waals surface area contributed by atoms with Crippen LogP contribution in [0.15, 0.2) is 42.5 Å². The quantitative estimate of drug-likeness (QED) is 0.875. The monoisotopic (exact) mass is 311 g/mol. The molecule has 1 atom stereocenters. The molecule has 5 heteroatoms. The molecule has 0 aliphatic heterocycles. The van der Waals surface area contributed by atoms with Gasteiger partial charge in [-0.25, -0.2) is 8.78 Å². The zero-order valence-corrected chi connectivity index (χ0v) is 12.3. The lowest BCUT2D eigenvalue weighted by molar-refractivity contribution is 0.269. The van der Waals surface area contributed by atoms with Crippen LogP contribution in [0.25, 0.3) is 0 Å². The van der Waals surface area contributed by atoms with E-state index in [2.05, 4.69) is 5.32 Å². The van der Waals surface area contributed by atoms with Crippen molar-refractivity contribution < 1.29 is 13.5 Å². The molecule has 0 radical (unpaired) electrons. The van der Waals surface area contributed by atoms with Crippen molar-refractivity contribution >= 4 is 11.6 Å². The highest BCUT2D eigenvalue weighted by molar-refractivity contribution is 6.30. The Labute approximate surface area is 127 Å². The average Bonchev–Trinajstić information content (AvgIpc) is 2.48. The third-order valence-corrected chi connectivity index (χ3v) is 3.40. The molecule has 0 spiro atoms. The normalized spacial score (nSPS) is 12.2. The number of nitrogens with one attached hydrogen (secondary N) is 1. The molecule has 0 aromatic heterocycles. The van der Waals surface area contributed by atoms with E-state index in [4.69, 9.17) is 16.3 Å².